The van der Waals surface area contributed by atoms with Crippen LogP contribution in [0.5, 0.6) is 0 Å². The molecule has 1 aliphatic rings. The average Bonchev–Trinajstić information content (AvgIpc) is 3.81. The Morgan fingerprint density at radius 2 is 0.857 bits per heavy atom. The lowest BCUT2D eigenvalue weighted by Crippen LogP contribution is -2.28. The highest BCUT2D eigenvalue weighted by atomic mass is 16.3. The lowest BCUT2D eigenvalue weighted by molar-refractivity contribution is 0.670. The second kappa shape index (κ2) is 12.9. The standard InChI is InChI=1S/C52H33N3O/c1-5-18-34(19-6-1)49-53-50(35-20-7-2-8-21-35)55-51(54-49)44-33-46-43(32-42(44)41-29-17-28-40-39-27-14-16-31-47(39)56-48(40)41)38-26-13-15-30-45(38)52(46,36-22-9-3-10-23-36)37-24-11-4-12-25-37/h1-33H. The summed E-state index contributed by atoms with van der Waals surface area (Å²) in [6.07, 6.45) is 0. The smallest absolute Gasteiger partial charge is 0.164 e. The van der Waals surface area contributed by atoms with Crippen LogP contribution >= 0.6 is 0 Å². The van der Waals surface area contributed by atoms with Crippen molar-refractivity contribution in [2.45, 2.75) is 5.41 Å². The highest BCUT2D eigenvalue weighted by Gasteiger charge is 2.46. The molecular formula is C52H33N3O. The Balaban J connectivity index is 1.29. The third kappa shape index (κ3) is 4.89. The molecule has 4 nitrogen and oxygen atoms in total. The van der Waals surface area contributed by atoms with Gasteiger partial charge in [-0.2, -0.15) is 0 Å². The molecule has 262 valence electrons. The number of nitrogens with zero attached hydrogens (tertiary/aromatic N) is 3. The molecule has 2 aromatic heterocycles. The Kier molecular flexibility index (Phi) is 7.36. The summed E-state index contributed by atoms with van der Waals surface area (Å²) in [6.45, 7) is 0. The first kappa shape index (κ1) is 32.0. The van der Waals surface area contributed by atoms with Gasteiger partial charge in [-0.05, 0) is 57.1 Å². The zero-order chi connectivity index (χ0) is 37.1. The normalized spacial score (nSPS) is 12.8. The van der Waals surface area contributed by atoms with Crippen molar-refractivity contribution < 1.29 is 4.42 Å². The number of furan rings is 1. The molecule has 8 aromatic carbocycles. The summed E-state index contributed by atoms with van der Waals surface area (Å²) in [5.74, 6) is 1.82. The molecule has 0 saturated carbocycles. The van der Waals surface area contributed by atoms with Gasteiger partial charge in [0.05, 0.1) is 5.41 Å². The number of fused-ring (bicyclic) bond motifs is 6. The van der Waals surface area contributed by atoms with Crippen LogP contribution in [0.3, 0.4) is 0 Å². The van der Waals surface area contributed by atoms with E-state index in [4.69, 9.17) is 19.4 Å². The van der Waals surface area contributed by atoms with Crippen molar-refractivity contribution in [2.75, 3.05) is 0 Å². The van der Waals surface area contributed by atoms with Crippen LogP contribution in [0.2, 0.25) is 0 Å². The SMILES string of the molecule is c1ccc(-c2nc(-c3ccccc3)nc(-c3cc4c(cc3-c3cccc5c3oc3ccccc35)-c3ccccc3C4(c3ccccc3)c3ccccc3)n2)cc1. The maximum atomic E-state index is 6.73. The Labute approximate surface area is 324 Å². The van der Waals surface area contributed by atoms with Crippen LogP contribution in [-0.4, -0.2) is 15.0 Å². The Morgan fingerprint density at radius 3 is 1.52 bits per heavy atom. The monoisotopic (exact) mass is 715 g/mol. The molecule has 0 fully saturated rings. The van der Waals surface area contributed by atoms with Gasteiger partial charge >= 0.3 is 0 Å². The lowest BCUT2D eigenvalue weighted by atomic mass is 9.67. The van der Waals surface area contributed by atoms with E-state index in [1.54, 1.807) is 0 Å². The van der Waals surface area contributed by atoms with Crippen LogP contribution in [0.25, 0.3) is 78.4 Å². The van der Waals surface area contributed by atoms with Gasteiger partial charge in [-0.25, -0.2) is 15.0 Å². The van der Waals surface area contributed by atoms with Gasteiger partial charge in [-0.15, -0.1) is 0 Å². The van der Waals surface area contributed by atoms with E-state index in [2.05, 4.69) is 152 Å². The minimum atomic E-state index is -0.606. The van der Waals surface area contributed by atoms with Crippen molar-refractivity contribution in [3.63, 3.8) is 0 Å². The van der Waals surface area contributed by atoms with Crippen LogP contribution < -0.4 is 0 Å². The fourth-order valence-electron chi connectivity index (χ4n) is 8.78. The first-order chi connectivity index (χ1) is 27.8. The molecule has 0 N–H and O–H groups in total. The zero-order valence-electron chi connectivity index (χ0n) is 30.3. The topological polar surface area (TPSA) is 51.8 Å². The third-order valence-electron chi connectivity index (χ3n) is 11.2. The van der Waals surface area contributed by atoms with Gasteiger partial charge in [0.1, 0.15) is 11.2 Å². The molecular weight excluding hydrogens is 683 g/mol. The van der Waals surface area contributed by atoms with Gasteiger partial charge in [0.15, 0.2) is 17.5 Å². The van der Waals surface area contributed by atoms with Crippen molar-refractivity contribution in [1.29, 1.82) is 0 Å². The average molecular weight is 716 g/mol. The molecule has 0 aliphatic heterocycles. The van der Waals surface area contributed by atoms with E-state index in [9.17, 15) is 0 Å². The second-order valence-electron chi connectivity index (χ2n) is 14.3. The predicted molar refractivity (Wildman–Crippen MR) is 226 cm³/mol. The van der Waals surface area contributed by atoms with Gasteiger partial charge in [0.25, 0.3) is 0 Å². The Hall–Kier alpha value is -7.43. The number of benzene rings is 8. The Morgan fingerprint density at radius 1 is 0.339 bits per heavy atom. The fraction of sp³-hybridized carbons (Fsp3) is 0.0192. The third-order valence-corrected chi connectivity index (χ3v) is 11.2. The lowest BCUT2D eigenvalue weighted by Gasteiger charge is -2.34. The highest BCUT2D eigenvalue weighted by molar-refractivity contribution is 6.11. The van der Waals surface area contributed by atoms with Crippen LogP contribution in [0.4, 0.5) is 0 Å². The van der Waals surface area contributed by atoms with Gasteiger partial charge < -0.3 is 4.42 Å². The summed E-state index contributed by atoms with van der Waals surface area (Å²) in [5.41, 5.74) is 13.0. The number of aromatic nitrogens is 3. The molecule has 1 aliphatic carbocycles. The fourth-order valence-corrected chi connectivity index (χ4v) is 8.78. The van der Waals surface area contributed by atoms with E-state index in [0.717, 1.165) is 49.8 Å². The largest absolute Gasteiger partial charge is 0.455 e. The van der Waals surface area contributed by atoms with Crippen molar-refractivity contribution in [3.8, 4) is 56.4 Å². The number of hydrogen-bond donors (Lipinski definition) is 0. The molecule has 0 saturated heterocycles. The van der Waals surface area contributed by atoms with Crippen molar-refractivity contribution in [1.82, 2.24) is 15.0 Å². The summed E-state index contributed by atoms with van der Waals surface area (Å²) < 4.78 is 6.73. The molecule has 0 amide bonds. The van der Waals surface area contributed by atoms with Gasteiger partial charge in [-0.1, -0.05) is 182 Å². The van der Waals surface area contributed by atoms with Gasteiger partial charge in [0.2, 0.25) is 0 Å². The second-order valence-corrected chi connectivity index (χ2v) is 14.3. The van der Waals surface area contributed by atoms with E-state index in [-0.39, 0.29) is 0 Å². The van der Waals surface area contributed by atoms with Crippen LogP contribution in [0.1, 0.15) is 22.3 Å². The predicted octanol–water partition coefficient (Wildman–Crippen LogP) is 12.8. The van der Waals surface area contributed by atoms with Gasteiger partial charge in [-0.3, -0.25) is 0 Å². The molecule has 0 atom stereocenters. The van der Waals surface area contributed by atoms with E-state index in [1.807, 2.05) is 48.5 Å². The first-order valence-corrected chi connectivity index (χ1v) is 18.9. The summed E-state index contributed by atoms with van der Waals surface area (Å²) in [6, 6.07) is 70.4. The molecule has 2 heterocycles. The minimum absolute atomic E-state index is 0.592. The summed E-state index contributed by atoms with van der Waals surface area (Å²) >= 11 is 0. The van der Waals surface area contributed by atoms with Crippen molar-refractivity contribution >= 4 is 21.9 Å². The minimum Gasteiger partial charge on any atom is -0.455 e. The van der Waals surface area contributed by atoms with Crippen LogP contribution in [0, 0.1) is 0 Å². The summed E-state index contributed by atoms with van der Waals surface area (Å²) in [4.78, 5) is 15.7. The van der Waals surface area contributed by atoms with Crippen LogP contribution in [-0.2, 0) is 5.41 Å². The Bertz CT molecular complexity index is 2970. The number of hydrogen-bond acceptors (Lipinski definition) is 4. The molecule has 11 rings (SSSR count). The molecule has 0 radical (unpaired) electrons. The number of para-hydroxylation sites is 2. The molecule has 0 unspecified atom stereocenters. The maximum absolute atomic E-state index is 6.73. The van der Waals surface area contributed by atoms with E-state index in [1.165, 1.54) is 33.4 Å². The number of rotatable bonds is 6. The molecule has 56 heavy (non-hydrogen) atoms. The molecule has 0 bridgehead atoms. The molecule has 10 aromatic rings. The maximum Gasteiger partial charge on any atom is 0.164 e. The van der Waals surface area contributed by atoms with Crippen molar-refractivity contribution in [3.05, 3.63) is 222 Å². The molecule has 4 heteroatoms. The van der Waals surface area contributed by atoms with Crippen molar-refractivity contribution in [2.24, 2.45) is 0 Å². The quantitative estimate of drug-likeness (QED) is 0.172. The zero-order valence-corrected chi connectivity index (χ0v) is 30.3. The highest BCUT2D eigenvalue weighted by Crippen LogP contribution is 2.58. The van der Waals surface area contributed by atoms with Crippen LogP contribution in [0.15, 0.2) is 205 Å². The van der Waals surface area contributed by atoms with E-state index in [0.29, 0.717) is 17.5 Å². The van der Waals surface area contributed by atoms with E-state index < -0.39 is 5.41 Å². The summed E-state index contributed by atoms with van der Waals surface area (Å²) in [5, 5.41) is 2.15. The summed E-state index contributed by atoms with van der Waals surface area (Å²) in [7, 11) is 0. The molecule has 0 spiro atoms. The van der Waals surface area contributed by atoms with E-state index >= 15 is 0 Å². The first-order valence-electron chi connectivity index (χ1n) is 18.9. The van der Waals surface area contributed by atoms with Gasteiger partial charge in [0, 0.05) is 33.0 Å².